The van der Waals surface area contributed by atoms with E-state index in [1.165, 1.54) is 90.4 Å². The number of fused-ring (bicyclic) bond motifs is 2. The monoisotopic (exact) mass is 1960 g/mol. The van der Waals surface area contributed by atoms with E-state index in [0.29, 0.717) is 26.4 Å². The molecule has 0 radical (unpaired) electrons. The maximum atomic E-state index is 11.3. The van der Waals surface area contributed by atoms with Gasteiger partial charge in [-0.3, -0.25) is 67.0 Å². The number of aliphatic hydroxyl groups is 4. The molecule has 9 rings (SSSR count). The van der Waals surface area contributed by atoms with Gasteiger partial charge >= 0.3 is 71.6 Å². The number of hydrogen-bond donors (Lipinski definition) is 4. The molecule has 30 atom stereocenters. The van der Waals surface area contributed by atoms with Crippen molar-refractivity contribution in [3.8, 4) is 0 Å². The summed E-state index contributed by atoms with van der Waals surface area (Å²) in [7, 11) is 9.33. The van der Waals surface area contributed by atoms with Crippen LogP contribution in [0.15, 0.2) is 0 Å². The number of ether oxygens (including phenoxy) is 31. The van der Waals surface area contributed by atoms with E-state index in [0.717, 1.165) is 20.8 Å². The molecule has 48 nitrogen and oxygen atoms in total. The number of carbonyl (C=O) groups is 13. The van der Waals surface area contributed by atoms with Crippen molar-refractivity contribution in [1.82, 2.24) is 0 Å². The van der Waals surface area contributed by atoms with Crippen LogP contribution >= 0.6 is 31.9 Å². The van der Waals surface area contributed by atoms with Crippen molar-refractivity contribution in [2.75, 3.05) is 102 Å². The van der Waals surface area contributed by atoms with E-state index in [-0.39, 0.29) is 80.3 Å². The van der Waals surface area contributed by atoms with E-state index in [4.69, 9.17) is 163 Å². The first-order chi connectivity index (χ1) is 58.9. The summed E-state index contributed by atoms with van der Waals surface area (Å²) in [5.74, 6) is -8.94. The van der Waals surface area contributed by atoms with E-state index >= 15 is 0 Å². The van der Waals surface area contributed by atoms with Crippen LogP contribution in [0.5, 0.6) is 0 Å². The van der Waals surface area contributed by atoms with Crippen molar-refractivity contribution in [2.45, 2.75) is 306 Å². The van der Waals surface area contributed by atoms with Gasteiger partial charge in [0.1, 0.15) is 66.8 Å². The lowest BCUT2D eigenvalue weighted by atomic mass is 10.0. The molecule has 126 heavy (non-hydrogen) atoms. The second-order valence-electron chi connectivity index (χ2n) is 28.0. The van der Waals surface area contributed by atoms with Gasteiger partial charge in [-0.05, 0) is 27.7 Å². The summed E-state index contributed by atoms with van der Waals surface area (Å²) < 4.78 is 162. The molecule has 0 aromatic heterocycles. The Morgan fingerprint density at radius 1 is 0.294 bits per heavy atom. The van der Waals surface area contributed by atoms with Gasteiger partial charge in [0.25, 0.3) is 11.9 Å². The number of hydrogen-bond acceptors (Lipinski definition) is 48. The Balaban J connectivity index is 0.000000498. The Labute approximate surface area is 744 Å². The highest BCUT2D eigenvalue weighted by Gasteiger charge is 2.58. The minimum Gasteiger partial charge on any atom is -0.456 e. The summed E-state index contributed by atoms with van der Waals surface area (Å²) in [6, 6.07) is 0. The Hall–Kier alpha value is -6.65. The van der Waals surface area contributed by atoms with E-state index < -0.39 is 212 Å². The maximum absolute atomic E-state index is 11.3. The zero-order valence-corrected chi connectivity index (χ0v) is 77.7. The molecule has 9 aliphatic heterocycles. The van der Waals surface area contributed by atoms with Crippen molar-refractivity contribution >= 4 is 109 Å². The Morgan fingerprint density at radius 2 is 0.556 bits per heavy atom. The highest BCUT2D eigenvalue weighted by molar-refractivity contribution is 9.09. The van der Waals surface area contributed by atoms with Gasteiger partial charge in [-0.15, -0.1) is 0 Å². The fourth-order valence-corrected chi connectivity index (χ4v) is 13.6. The van der Waals surface area contributed by atoms with Gasteiger partial charge in [-0.25, -0.2) is 0 Å². The van der Waals surface area contributed by atoms with E-state index in [2.05, 4.69) is 36.6 Å². The molecule has 0 aromatic rings. The molecule has 0 aliphatic carbocycles. The standard InChI is InChI=1S/C13H18O9.C13H20O8.C11H15BrO7.C11H18O7.C11H20O6.C9H15BrO5.C5H10O5.C3H6O/c1-6(14)19-10-5-18-13(22-9(4)17)12(21-8(3)16)11(10)20-7(2)15;1-5-17-13(4)20-11-10(19-8(3)15)9(18-7(2)14)6-16-12(11)21-13;1-5(13)17-8-4-16-11(12)10(19-7(3)15)9(8)18-6(2)14;1-6(12)17-10-9(15-4)8(14-3)5-16-11(10)18-7(2)13;1-5-15-11(2)16-9-8(13-4)7(12-3)6-14-10(9)17-11;1-5(11)15-8-7(13-3)6(12-2)4-14-9(8)10;6-2-1-10-5(9)4(8)3(2)7;1-3(2)4/h10-13H,5H2,1-4H3;9-12H,5-6H2,1-4H3;8-11H,4H2,1-3H3;8-11H,5H2,1-4H3;7-10H,5-6H2,1-4H3;6-9H,4H2,1-3H3;2-9H,1H2;1-2H3/t10-,11+,12-,13?;9-,10+,11-,12?,13?;2*8-,9+,10-,11?;7-,8+,9-,10?,11?;6-,7+,8-,9?;2-,3+,4-,5?;/m1111111./s1. The maximum Gasteiger partial charge on any atom is 0.305 e. The molecule has 9 heterocycles. The second-order valence-corrected chi connectivity index (χ2v) is 29.8. The molecule has 0 aromatic carbocycles. The van der Waals surface area contributed by atoms with Crippen molar-refractivity contribution < 1.29 is 230 Å². The molecule has 9 fully saturated rings. The predicted octanol–water partition coefficient (Wildman–Crippen LogP) is -0.357. The molecule has 0 spiro atoms. The minimum absolute atomic E-state index is 0.0329. The smallest absolute Gasteiger partial charge is 0.305 e. The quantitative estimate of drug-likeness (QED) is 0.0611. The molecule has 0 amide bonds. The first-order valence-electron chi connectivity index (χ1n) is 39.0. The highest BCUT2D eigenvalue weighted by Crippen LogP contribution is 2.40. The molecule has 50 heteroatoms. The Kier molecular flexibility index (Phi) is 52.7. The Morgan fingerprint density at radius 3 is 0.897 bits per heavy atom. The van der Waals surface area contributed by atoms with Crippen LogP contribution in [0.3, 0.4) is 0 Å². The van der Waals surface area contributed by atoms with Gasteiger partial charge in [0.05, 0.1) is 46.2 Å². The van der Waals surface area contributed by atoms with Crippen LogP contribution < -0.4 is 0 Å². The van der Waals surface area contributed by atoms with Crippen LogP contribution in [0.1, 0.15) is 125 Å². The number of alkyl halides is 2. The first kappa shape index (κ1) is 115. The molecule has 0 bridgehead atoms. The third-order valence-electron chi connectivity index (χ3n) is 17.3. The van der Waals surface area contributed by atoms with Gasteiger partial charge in [0, 0.05) is 153 Å². The van der Waals surface area contributed by atoms with Crippen molar-refractivity contribution in [3.05, 3.63) is 0 Å². The second kappa shape index (κ2) is 57.5. The number of Topliss-reactive ketones (excluding diaryl/α,β-unsaturated/α-hetero) is 1. The molecule has 9 saturated heterocycles. The highest BCUT2D eigenvalue weighted by atomic mass is 79.9. The van der Waals surface area contributed by atoms with Crippen molar-refractivity contribution in [3.63, 3.8) is 0 Å². The van der Waals surface area contributed by atoms with E-state index in [9.17, 15) is 62.3 Å². The molecular formula is C76H122Br2O48. The molecular weight excluding hydrogens is 1840 g/mol. The average Bonchev–Trinajstić information content (AvgIpc) is 1.63. The number of aliphatic hydroxyl groups excluding tert-OH is 4. The van der Waals surface area contributed by atoms with Crippen LogP contribution in [-0.2, 0) is 209 Å². The lowest BCUT2D eigenvalue weighted by Crippen LogP contribution is -2.58. The summed E-state index contributed by atoms with van der Waals surface area (Å²) >= 11 is 6.46. The van der Waals surface area contributed by atoms with Crippen LogP contribution in [0.4, 0.5) is 0 Å². The van der Waals surface area contributed by atoms with Crippen LogP contribution in [0, 0.1) is 0 Å². The molecule has 0 saturated carbocycles. The predicted molar refractivity (Wildman–Crippen MR) is 418 cm³/mol. The van der Waals surface area contributed by atoms with Gasteiger partial charge < -0.3 is 163 Å². The summed E-state index contributed by atoms with van der Waals surface area (Å²) in [6.45, 7) is 26.3. The van der Waals surface area contributed by atoms with Crippen LogP contribution in [0.25, 0.3) is 0 Å². The number of carbonyl (C=O) groups excluding carboxylic acids is 13. The number of halogens is 2. The SMILES string of the molecule is CC(=O)OC1OC[C@@H](OC(C)=O)[C@H](OC(C)=O)[C@H]1OC(C)=O.CC(=O)O[C@H]1[C@H](OC(C)=O)COC(Br)[C@@H]1OC(C)=O.CC(C)=O.CCOC1(C)OC2OC[C@@H](OC(C)=O)[C@H](OC(C)=O)[C@H]2O1.CCOC1(C)OC2OC[C@@H](OC)[C@H](OC)[C@H]2O1.CO[C@H]1[C@H](OC)COC(Br)[C@@H]1OC(C)=O.CO[C@H]1[C@H](OC)COC(OC(C)=O)[C@@H]1OC(C)=O.OC1OC[C@@H](O)[C@H](O)[C@H]1O. The van der Waals surface area contributed by atoms with Gasteiger partial charge in [-0.1, -0.05) is 31.9 Å². The fraction of sp³-hybridized carbons (Fsp3) is 0.829. The Bertz CT molecular complexity index is 3340. The largest absolute Gasteiger partial charge is 0.456 e. The number of esters is 12. The van der Waals surface area contributed by atoms with E-state index in [1.807, 2.05) is 6.92 Å². The molecule has 4 N–H and O–H groups in total. The number of methoxy groups -OCH3 is 6. The summed E-state index contributed by atoms with van der Waals surface area (Å²) in [5.41, 5.74) is 0. The topological polar surface area (TPSA) is 589 Å². The lowest BCUT2D eigenvalue weighted by Gasteiger charge is -2.39. The van der Waals surface area contributed by atoms with Gasteiger partial charge in [-0.2, -0.15) is 0 Å². The van der Waals surface area contributed by atoms with E-state index in [1.54, 1.807) is 49.2 Å². The zero-order chi connectivity index (χ0) is 96.0. The number of rotatable bonds is 22. The molecule has 9 aliphatic rings. The minimum atomic E-state index is -1.41. The van der Waals surface area contributed by atoms with Crippen molar-refractivity contribution in [2.24, 2.45) is 0 Å². The molecule has 9 unspecified atom stereocenters. The van der Waals surface area contributed by atoms with Gasteiger partial charge in [0.15, 0.2) is 89.9 Å². The lowest BCUT2D eigenvalue weighted by molar-refractivity contribution is -0.340. The summed E-state index contributed by atoms with van der Waals surface area (Å²) in [6.07, 6.45) is -20.6. The van der Waals surface area contributed by atoms with Crippen molar-refractivity contribution in [1.29, 1.82) is 0 Å². The fourth-order valence-electron chi connectivity index (χ4n) is 12.5. The molecule has 728 valence electrons. The zero-order valence-electron chi connectivity index (χ0n) is 74.5. The normalized spacial score (nSPS) is 35.0. The first-order valence-corrected chi connectivity index (χ1v) is 40.8. The average molecular weight is 1960 g/mol. The number of ketones is 1. The summed E-state index contributed by atoms with van der Waals surface area (Å²) in [4.78, 5) is 143. The van der Waals surface area contributed by atoms with Crippen LogP contribution in [-0.4, -0.2) is 382 Å². The summed E-state index contributed by atoms with van der Waals surface area (Å²) in [5, 5.41) is 34.2. The van der Waals surface area contributed by atoms with Gasteiger partial charge in [0.2, 0.25) is 18.7 Å². The third kappa shape index (κ3) is 39.6. The third-order valence-corrected chi connectivity index (χ3v) is 18.8. The van der Waals surface area contributed by atoms with Crippen LogP contribution in [0.2, 0.25) is 0 Å².